The molecule has 0 radical (unpaired) electrons. The van der Waals surface area contributed by atoms with Crippen molar-refractivity contribution in [1.82, 2.24) is 14.9 Å². The van der Waals surface area contributed by atoms with Gasteiger partial charge in [-0.3, -0.25) is 9.78 Å². The molecule has 1 N–H and O–H groups in total. The average Bonchev–Trinajstić information content (AvgIpc) is 3.37. The molecule has 134 valence electrons. The largest absolute Gasteiger partial charge is 0.346 e. The van der Waals surface area contributed by atoms with Crippen LogP contribution >= 0.6 is 22.9 Å². The molecule has 4 aromatic rings. The van der Waals surface area contributed by atoms with Gasteiger partial charge in [0.25, 0.3) is 5.91 Å². The molecule has 0 spiro atoms. The summed E-state index contributed by atoms with van der Waals surface area (Å²) in [6.45, 7) is 0.388. The Morgan fingerprint density at radius 2 is 1.85 bits per heavy atom. The number of hydrogen-bond donors (Lipinski definition) is 1. The van der Waals surface area contributed by atoms with Crippen LogP contribution < -0.4 is 5.32 Å². The summed E-state index contributed by atoms with van der Waals surface area (Å²) in [4.78, 5) is 17.8. The summed E-state index contributed by atoms with van der Waals surface area (Å²) in [5, 5.41) is 5.66. The number of pyridine rings is 1. The summed E-state index contributed by atoms with van der Waals surface area (Å²) in [5.41, 5.74) is 3.70. The SMILES string of the molecule is O=C(NCc1ccccn1)c1scc(-c2ccc(Cl)cc2)c1-n1cccc1. The molecule has 0 unspecified atom stereocenters. The number of nitrogens with one attached hydrogen (secondary N) is 1. The van der Waals surface area contributed by atoms with E-state index in [1.165, 1.54) is 11.3 Å². The lowest BCUT2D eigenvalue weighted by molar-refractivity contribution is 0.0954. The molecule has 4 rings (SSSR count). The Hall–Kier alpha value is -2.89. The fraction of sp³-hybridized carbons (Fsp3) is 0.0476. The van der Waals surface area contributed by atoms with E-state index in [2.05, 4.69) is 10.3 Å². The number of hydrogen-bond acceptors (Lipinski definition) is 3. The van der Waals surface area contributed by atoms with Crippen LogP contribution in [0.15, 0.2) is 78.6 Å². The molecule has 1 amide bonds. The highest BCUT2D eigenvalue weighted by atomic mass is 35.5. The van der Waals surface area contributed by atoms with Crippen LogP contribution in [0.4, 0.5) is 0 Å². The summed E-state index contributed by atoms with van der Waals surface area (Å²) in [5.74, 6) is -0.116. The van der Waals surface area contributed by atoms with E-state index in [1.54, 1.807) is 6.20 Å². The first kappa shape index (κ1) is 17.5. The van der Waals surface area contributed by atoms with Crippen LogP contribution in [0.2, 0.25) is 5.02 Å². The average molecular weight is 394 g/mol. The number of halogens is 1. The molecule has 0 fully saturated rings. The first-order valence-corrected chi connectivity index (χ1v) is 9.67. The minimum absolute atomic E-state index is 0.116. The number of rotatable bonds is 5. The third kappa shape index (κ3) is 3.79. The van der Waals surface area contributed by atoms with Gasteiger partial charge in [0.05, 0.1) is 17.9 Å². The number of thiophene rings is 1. The van der Waals surface area contributed by atoms with E-state index in [1.807, 2.05) is 76.9 Å². The van der Waals surface area contributed by atoms with Crippen molar-refractivity contribution in [2.24, 2.45) is 0 Å². The molecule has 0 bridgehead atoms. The number of carbonyl (C=O) groups excluding carboxylic acids is 1. The van der Waals surface area contributed by atoms with E-state index in [-0.39, 0.29) is 5.91 Å². The maximum atomic E-state index is 12.9. The quantitative estimate of drug-likeness (QED) is 0.507. The Kier molecular flexibility index (Phi) is 5.05. The monoisotopic (exact) mass is 393 g/mol. The van der Waals surface area contributed by atoms with Crippen LogP contribution in [0, 0.1) is 0 Å². The highest BCUT2D eigenvalue weighted by Crippen LogP contribution is 2.35. The number of aromatic nitrogens is 2. The summed E-state index contributed by atoms with van der Waals surface area (Å²) in [6, 6.07) is 17.2. The van der Waals surface area contributed by atoms with E-state index >= 15 is 0 Å². The molecule has 1 aromatic carbocycles. The highest BCUT2D eigenvalue weighted by Gasteiger charge is 2.20. The summed E-state index contributed by atoms with van der Waals surface area (Å²) in [6.07, 6.45) is 5.60. The first-order valence-electron chi connectivity index (χ1n) is 8.41. The lowest BCUT2D eigenvalue weighted by atomic mass is 10.1. The lowest BCUT2D eigenvalue weighted by Gasteiger charge is -2.10. The van der Waals surface area contributed by atoms with Gasteiger partial charge in [-0.25, -0.2) is 0 Å². The maximum Gasteiger partial charge on any atom is 0.263 e. The molecule has 3 heterocycles. The second-order valence-electron chi connectivity index (χ2n) is 5.93. The molecular weight excluding hydrogens is 378 g/mol. The normalized spacial score (nSPS) is 10.7. The van der Waals surface area contributed by atoms with Crippen LogP contribution in [0.3, 0.4) is 0 Å². The molecule has 4 nitrogen and oxygen atoms in total. The molecule has 0 saturated carbocycles. The van der Waals surface area contributed by atoms with E-state index < -0.39 is 0 Å². The van der Waals surface area contributed by atoms with Crippen molar-refractivity contribution in [3.63, 3.8) is 0 Å². The molecule has 0 saturated heterocycles. The smallest absolute Gasteiger partial charge is 0.263 e. The number of carbonyl (C=O) groups is 1. The van der Waals surface area contributed by atoms with Crippen LogP contribution in [0.5, 0.6) is 0 Å². The molecule has 3 aromatic heterocycles. The molecular formula is C21H16ClN3OS. The Labute approximate surface area is 166 Å². The first-order chi connectivity index (χ1) is 13.2. The van der Waals surface area contributed by atoms with E-state index in [9.17, 15) is 4.79 Å². The van der Waals surface area contributed by atoms with E-state index in [4.69, 9.17) is 11.6 Å². The van der Waals surface area contributed by atoms with Crippen molar-refractivity contribution in [2.45, 2.75) is 6.54 Å². The Bertz CT molecular complexity index is 1040. The summed E-state index contributed by atoms with van der Waals surface area (Å²) >= 11 is 7.45. The maximum absolute atomic E-state index is 12.9. The number of amides is 1. The molecule has 0 aliphatic rings. The van der Waals surface area contributed by atoms with Crippen molar-refractivity contribution >= 4 is 28.8 Å². The van der Waals surface area contributed by atoms with Gasteiger partial charge in [0, 0.05) is 34.6 Å². The van der Waals surface area contributed by atoms with Crippen molar-refractivity contribution in [1.29, 1.82) is 0 Å². The number of benzene rings is 1. The van der Waals surface area contributed by atoms with Crippen LogP contribution in [0.1, 0.15) is 15.4 Å². The molecule has 27 heavy (non-hydrogen) atoms. The minimum atomic E-state index is -0.116. The van der Waals surface area contributed by atoms with Crippen molar-refractivity contribution in [2.75, 3.05) is 0 Å². The summed E-state index contributed by atoms with van der Waals surface area (Å²) < 4.78 is 1.97. The van der Waals surface area contributed by atoms with Gasteiger partial charge in [-0.15, -0.1) is 11.3 Å². The number of nitrogens with zero attached hydrogens (tertiary/aromatic N) is 2. The van der Waals surface area contributed by atoms with Gasteiger partial charge in [0.2, 0.25) is 0 Å². The third-order valence-corrected chi connectivity index (χ3v) is 5.37. The standard InChI is InChI=1S/C21H16ClN3OS/c22-16-8-6-15(7-9-16)18-14-27-20(19(18)25-11-3-4-12-25)21(26)24-13-17-5-1-2-10-23-17/h1-12,14H,13H2,(H,24,26). The van der Waals surface area contributed by atoms with Crippen LogP contribution in [0.25, 0.3) is 16.8 Å². The topological polar surface area (TPSA) is 46.9 Å². The molecule has 0 aliphatic carbocycles. The Balaban J connectivity index is 1.68. The fourth-order valence-electron chi connectivity index (χ4n) is 2.84. The predicted molar refractivity (Wildman–Crippen MR) is 109 cm³/mol. The van der Waals surface area contributed by atoms with Crippen LogP contribution in [-0.2, 0) is 6.54 Å². The van der Waals surface area contributed by atoms with Crippen molar-refractivity contribution in [3.05, 3.63) is 94.2 Å². The van der Waals surface area contributed by atoms with Gasteiger partial charge in [-0.05, 0) is 42.0 Å². The summed E-state index contributed by atoms with van der Waals surface area (Å²) in [7, 11) is 0. The second kappa shape index (κ2) is 7.78. The van der Waals surface area contributed by atoms with Gasteiger partial charge in [0.15, 0.2) is 0 Å². The van der Waals surface area contributed by atoms with Gasteiger partial charge >= 0.3 is 0 Å². The third-order valence-electron chi connectivity index (χ3n) is 4.15. The Morgan fingerprint density at radius 3 is 2.56 bits per heavy atom. The zero-order chi connectivity index (χ0) is 18.6. The second-order valence-corrected chi connectivity index (χ2v) is 7.24. The lowest BCUT2D eigenvalue weighted by Crippen LogP contribution is -2.23. The highest BCUT2D eigenvalue weighted by molar-refractivity contribution is 7.13. The molecule has 0 aliphatic heterocycles. The van der Waals surface area contributed by atoms with Crippen molar-refractivity contribution in [3.8, 4) is 16.8 Å². The predicted octanol–water partition coefficient (Wildman–Crippen LogP) is 5.18. The van der Waals surface area contributed by atoms with Gasteiger partial charge in [-0.2, -0.15) is 0 Å². The van der Waals surface area contributed by atoms with Gasteiger partial charge < -0.3 is 9.88 Å². The van der Waals surface area contributed by atoms with E-state index in [0.717, 1.165) is 22.5 Å². The zero-order valence-electron chi connectivity index (χ0n) is 14.3. The van der Waals surface area contributed by atoms with E-state index in [0.29, 0.717) is 16.4 Å². The molecule has 6 heteroatoms. The minimum Gasteiger partial charge on any atom is -0.346 e. The van der Waals surface area contributed by atoms with Gasteiger partial charge in [-0.1, -0.05) is 29.8 Å². The van der Waals surface area contributed by atoms with Crippen LogP contribution in [-0.4, -0.2) is 15.5 Å². The van der Waals surface area contributed by atoms with Crippen molar-refractivity contribution < 1.29 is 4.79 Å². The van der Waals surface area contributed by atoms with Gasteiger partial charge in [0.1, 0.15) is 4.88 Å². The molecule has 0 atom stereocenters. The fourth-order valence-corrected chi connectivity index (χ4v) is 3.96. The zero-order valence-corrected chi connectivity index (χ0v) is 15.9. The Morgan fingerprint density at radius 1 is 1.07 bits per heavy atom.